The number of aromatic nitrogens is 3. The van der Waals surface area contributed by atoms with Gasteiger partial charge in [0.15, 0.2) is 16.7 Å². The van der Waals surface area contributed by atoms with Crippen LogP contribution >= 0.6 is 11.8 Å². The number of carbonyl (C=O) groups excluding carboxylic acids is 1. The first kappa shape index (κ1) is 24.3. The largest absolute Gasteiger partial charge is 0.493 e. The van der Waals surface area contributed by atoms with Gasteiger partial charge in [-0.2, -0.15) is 0 Å². The molecule has 0 aliphatic heterocycles. The zero-order chi connectivity index (χ0) is 24.6. The molecule has 1 amide bonds. The zero-order valence-corrected chi connectivity index (χ0v) is 20.8. The van der Waals surface area contributed by atoms with Crippen LogP contribution in [-0.2, 0) is 17.8 Å². The highest BCUT2D eigenvalue weighted by Gasteiger charge is 2.21. The number of rotatable bonds is 10. The van der Waals surface area contributed by atoms with Gasteiger partial charge in [-0.15, -0.1) is 10.2 Å². The third-order valence-electron chi connectivity index (χ3n) is 5.49. The van der Waals surface area contributed by atoms with Gasteiger partial charge in [-0.05, 0) is 42.3 Å². The van der Waals surface area contributed by atoms with Gasteiger partial charge in [0.25, 0.3) is 0 Å². The Morgan fingerprint density at radius 2 is 1.60 bits per heavy atom. The maximum atomic E-state index is 12.9. The minimum atomic E-state index is -0.369. The van der Waals surface area contributed by atoms with Crippen LogP contribution < -0.4 is 14.8 Å². The maximum Gasteiger partial charge on any atom is 0.233 e. The fraction of sp³-hybridized carbons (Fsp3) is 0.222. The van der Waals surface area contributed by atoms with E-state index in [0.717, 1.165) is 22.6 Å². The predicted molar refractivity (Wildman–Crippen MR) is 137 cm³/mol. The number of nitrogens with zero attached hydrogens (tertiary/aromatic N) is 3. The van der Waals surface area contributed by atoms with Crippen molar-refractivity contribution in [1.29, 1.82) is 0 Å². The minimum Gasteiger partial charge on any atom is -0.493 e. The van der Waals surface area contributed by atoms with E-state index in [-0.39, 0.29) is 11.2 Å². The quantitative estimate of drug-likeness (QED) is 0.327. The summed E-state index contributed by atoms with van der Waals surface area (Å²) >= 11 is 1.39. The van der Waals surface area contributed by atoms with Gasteiger partial charge >= 0.3 is 0 Å². The molecule has 1 heterocycles. The van der Waals surface area contributed by atoms with Crippen molar-refractivity contribution in [2.75, 3.05) is 14.2 Å². The van der Waals surface area contributed by atoms with E-state index in [2.05, 4.69) is 27.6 Å². The molecule has 1 unspecified atom stereocenters. The van der Waals surface area contributed by atoms with E-state index in [4.69, 9.17) is 9.47 Å². The van der Waals surface area contributed by atoms with Gasteiger partial charge < -0.3 is 14.8 Å². The van der Waals surface area contributed by atoms with Gasteiger partial charge in [-0.3, -0.25) is 9.36 Å². The van der Waals surface area contributed by atoms with Crippen molar-refractivity contribution < 1.29 is 14.3 Å². The third-order valence-corrected chi connectivity index (χ3v) is 6.53. The summed E-state index contributed by atoms with van der Waals surface area (Å²) in [6.07, 6.45) is 0.642. The van der Waals surface area contributed by atoms with Gasteiger partial charge in [0.05, 0.1) is 19.5 Å². The van der Waals surface area contributed by atoms with Crippen molar-refractivity contribution in [3.63, 3.8) is 0 Å². The van der Waals surface area contributed by atoms with Gasteiger partial charge in [-0.25, -0.2) is 0 Å². The Bertz CT molecular complexity index is 1260. The standard InChI is InChI=1S/C27H28N4O3S/c1-19(26(32)28-18-21-14-15-23(33-2)24(16-21)34-3)35-27-30-29-25(17-20-10-6-4-7-11-20)31(27)22-12-8-5-9-13-22/h4-16,19H,17-18H2,1-3H3,(H,28,32). The van der Waals surface area contributed by atoms with Crippen LogP contribution in [0.2, 0.25) is 0 Å². The molecular formula is C27H28N4O3S. The summed E-state index contributed by atoms with van der Waals surface area (Å²) in [4.78, 5) is 12.9. The molecule has 1 atom stereocenters. The summed E-state index contributed by atoms with van der Waals surface area (Å²) in [6.45, 7) is 2.25. The Labute approximate surface area is 209 Å². The van der Waals surface area contributed by atoms with Crippen LogP contribution in [0.4, 0.5) is 0 Å². The number of amides is 1. The number of methoxy groups -OCH3 is 2. The second-order valence-electron chi connectivity index (χ2n) is 7.90. The SMILES string of the molecule is COc1ccc(CNC(=O)C(C)Sc2nnc(Cc3ccccc3)n2-c2ccccc2)cc1OC. The van der Waals surface area contributed by atoms with Crippen LogP contribution in [-0.4, -0.2) is 40.1 Å². The molecule has 35 heavy (non-hydrogen) atoms. The van der Waals surface area contributed by atoms with Crippen molar-refractivity contribution in [2.45, 2.75) is 30.3 Å². The van der Waals surface area contributed by atoms with Gasteiger partial charge in [0.2, 0.25) is 5.91 Å². The molecule has 180 valence electrons. The molecule has 8 heteroatoms. The van der Waals surface area contributed by atoms with E-state index in [0.29, 0.717) is 29.6 Å². The average molecular weight is 489 g/mol. The molecule has 0 bridgehead atoms. The van der Waals surface area contributed by atoms with E-state index in [1.54, 1.807) is 14.2 Å². The number of para-hydroxylation sites is 1. The highest BCUT2D eigenvalue weighted by atomic mass is 32.2. The Hall–Kier alpha value is -3.78. The number of nitrogens with one attached hydrogen (secondary N) is 1. The molecule has 0 saturated carbocycles. The number of benzene rings is 3. The lowest BCUT2D eigenvalue weighted by Crippen LogP contribution is -2.30. The van der Waals surface area contributed by atoms with Crippen molar-refractivity contribution >= 4 is 17.7 Å². The molecule has 0 saturated heterocycles. The third kappa shape index (κ3) is 6.02. The first-order valence-corrected chi connectivity index (χ1v) is 12.2. The van der Waals surface area contributed by atoms with Crippen molar-refractivity contribution in [3.8, 4) is 17.2 Å². The summed E-state index contributed by atoms with van der Waals surface area (Å²) in [6, 6.07) is 25.7. The predicted octanol–water partition coefficient (Wildman–Crippen LogP) is 4.67. The molecule has 0 aliphatic rings. The minimum absolute atomic E-state index is 0.0861. The topological polar surface area (TPSA) is 78.3 Å². The molecule has 0 radical (unpaired) electrons. The van der Waals surface area contributed by atoms with Crippen LogP contribution in [0.1, 0.15) is 23.9 Å². The number of carbonyl (C=O) groups is 1. The number of hydrogen-bond donors (Lipinski definition) is 1. The summed E-state index contributed by atoms with van der Waals surface area (Å²) in [7, 11) is 3.19. The Morgan fingerprint density at radius 3 is 2.29 bits per heavy atom. The lowest BCUT2D eigenvalue weighted by atomic mass is 10.1. The zero-order valence-electron chi connectivity index (χ0n) is 20.0. The van der Waals surface area contributed by atoms with Crippen LogP contribution in [0.25, 0.3) is 5.69 Å². The van der Waals surface area contributed by atoms with Crippen molar-refractivity contribution in [1.82, 2.24) is 20.1 Å². The lowest BCUT2D eigenvalue weighted by molar-refractivity contribution is -0.120. The van der Waals surface area contributed by atoms with Crippen molar-refractivity contribution in [3.05, 3.63) is 95.8 Å². The van der Waals surface area contributed by atoms with E-state index >= 15 is 0 Å². The second kappa shape index (κ2) is 11.6. The summed E-state index contributed by atoms with van der Waals surface area (Å²) in [5, 5.41) is 12.2. The normalized spacial score (nSPS) is 11.6. The molecule has 0 fully saturated rings. The Kier molecular flexibility index (Phi) is 8.05. The number of thioether (sulfide) groups is 1. The van der Waals surface area contributed by atoms with Crippen LogP contribution in [0.15, 0.2) is 84.0 Å². The molecule has 1 aromatic heterocycles. The number of hydrogen-bond acceptors (Lipinski definition) is 6. The van der Waals surface area contributed by atoms with Gasteiger partial charge in [0, 0.05) is 18.7 Å². The van der Waals surface area contributed by atoms with E-state index in [9.17, 15) is 4.79 Å². The summed E-state index contributed by atoms with van der Waals surface area (Å²) in [5.74, 6) is 2.02. The molecular weight excluding hydrogens is 460 g/mol. The molecule has 4 aromatic rings. The maximum absolute atomic E-state index is 12.9. The van der Waals surface area contributed by atoms with Crippen LogP contribution in [0.3, 0.4) is 0 Å². The van der Waals surface area contributed by atoms with E-state index in [1.807, 2.05) is 78.2 Å². The second-order valence-corrected chi connectivity index (χ2v) is 9.21. The monoisotopic (exact) mass is 488 g/mol. The van der Waals surface area contributed by atoms with E-state index < -0.39 is 0 Å². The smallest absolute Gasteiger partial charge is 0.233 e. The summed E-state index contributed by atoms with van der Waals surface area (Å²) < 4.78 is 12.7. The van der Waals surface area contributed by atoms with Crippen LogP contribution in [0, 0.1) is 0 Å². The first-order chi connectivity index (χ1) is 17.1. The summed E-state index contributed by atoms with van der Waals surface area (Å²) in [5.41, 5.74) is 3.03. The molecule has 0 aliphatic carbocycles. The van der Waals surface area contributed by atoms with E-state index in [1.165, 1.54) is 11.8 Å². The highest BCUT2D eigenvalue weighted by Crippen LogP contribution is 2.28. The molecule has 3 aromatic carbocycles. The Balaban J connectivity index is 1.48. The molecule has 7 nitrogen and oxygen atoms in total. The van der Waals surface area contributed by atoms with Gasteiger partial charge in [-0.1, -0.05) is 66.4 Å². The Morgan fingerprint density at radius 1 is 0.914 bits per heavy atom. The van der Waals surface area contributed by atoms with Crippen LogP contribution in [0.5, 0.6) is 11.5 Å². The lowest BCUT2D eigenvalue weighted by Gasteiger charge is -2.15. The molecule has 1 N–H and O–H groups in total. The van der Waals surface area contributed by atoms with Gasteiger partial charge in [0.1, 0.15) is 5.82 Å². The number of ether oxygens (including phenoxy) is 2. The highest BCUT2D eigenvalue weighted by molar-refractivity contribution is 8.00. The average Bonchev–Trinajstić information content (AvgIpc) is 3.29. The fourth-order valence-corrected chi connectivity index (χ4v) is 4.55. The molecule has 4 rings (SSSR count). The first-order valence-electron chi connectivity index (χ1n) is 11.3. The molecule has 0 spiro atoms. The fourth-order valence-electron chi connectivity index (χ4n) is 3.64. The van der Waals surface area contributed by atoms with Crippen molar-refractivity contribution in [2.24, 2.45) is 0 Å².